The number of benzene rings is 1. The van der Waals surface area contributed by atoms with E-state index in [0.717, 1.165) is 0 Å². The number of aliphatic carboxylic acids is 1. The maximum atomic E-state index is 13.0. The van der Waals surface area contributed by atoms with Crippen LogP contribution in [-0.4, -0.2) is 16.3 Å². The van der Waals surface area contributed by atoms with Crippen molar-refractivity contribution in [1.29, 1.82) is 0 Å². The standard InChI is InChI=1S/C11H8FNO3/c1-13-5-8(10(14)11(15)16)7-3-2-6(12)4-9(7)13/h2-5H,1H3,(H,15,16)/p-1. The molecular weight excluding hydrogens is 213 g/mol. The van der Waals surface area contributed by atoms with Crippen molar-refractivity contribution in [1.82, 2.24) is 4.57 Å². The van der Waals surface area contributed by atoms with Crippen LogP contribution < -0.4 is 5.11 Å². The highest BCUT2D eigenvalue weighted by molar-refractivity contribution is 6.41. The van der Waals surface area contributed by atoms with Gasteiger partial charge in [0.15, 0.2) is 0 Å². The number of fused-ring (bicyclic) bond motifs is 1. The van der Waals surface area contributed by atoms with Gasteiger partial charge < -0.3 is 14.5 Å². The molecule has 1 heterocycles. The van der Waals surface area contributed by atoms with Gasteiger partial charge in [0.25, 0.3) is 0 Å². The van der Waals surface area contributed by atoms with Crippen LogP contribution in [0.3, 0.4) is 0 Å². The van der Waals surface area contributed by atoms with Gasteiger partial charge in [0.05, 0.1) is 5.52 Å². The Bertz CT molecular complexity index is 601. The molecule has 0 atom stereocenters. The molecule has 16 heavy (non-hydrogen) atoms. The van der Waals surface area contributed by atoms with Crippen molar-refractivity contribution in [3.63, 3.8) is 0 Å². The minimum Gasteiger partial charge on any atom is -0.541 e. The van der Waals surface area contributed by atoms with Gasteiger partial charge in [0.2, 0.25) is 5.78 Å². The van der Waals surface area contributed by atoms with Crippen molar-refractivity contribution in [2.24, 2.45) is 7.05 Å². The number of rotatable bonds is 2. The van der Waals surface area contributed by atoms with E-state index in [1.807, 2.05) is 0 Å². The second-order valence-electron chi connectivity index (χ2n) is 3.43. The first-order valence-corrected chi connectivity index (χ1v) is 4.51. The second kappa shape index (κ2) is 3.44. The van der Waals surface area contributed by atoms with E-state index >= 15 is 0 Å². The fourth-order valence-electron chi connectivity index (χ4n) is 1.65. The average Bonchev–Trinajstić information content (AvgIpc) is 2.55. The smallest absolute Gasteiger partial charge is 0.210 e. The largest absolute Gasteiger partial charge is 0.541 e. The van der Waals surface area contributed by atoms with Crippen LogP contribution in [0.25, 0.3) is 10.9 Å². The molecule has 0 fully saturated rings. The van der Waals surface area contributed by atoms with Gasteiger partial charge in [0.1, 0.15) is 11.8 Å². The van der Waals surface area contributed by atoms with Crippen LogP contribution in [0, 0.1) is 5.82 Å². The van der Waals surface area contributed by atoms with E-state index in [-0.39, 0.29) is 5.56 Å². The highest BCUT2D eigenvalue weighted by Crippen LogP contribution is 2.21. The maximum absolute atomic E-state index is 13.0. The summed E-state index contributed by atoms with van der Waals surface area (Å²) in [7, 11) is 1.60. The van der Waals surface area contributed by atoms with Crippen LogP contribution in [0.2, 0.25) is 0 Å². The predicted octanol–water partition coefficient (Wildman–Crippen LogP) is 0.250. The van der Waals surface area contributed by atoms with E-state index in [4.69, 9.17) is 0 Å². The molecule has 2 rings (SSSR count). The molecule has 0 aliphatic heterocycles. The quantitative estimate of drug-likeness (QED) is 0.538. The van der Waals surface area contributed by atoms with Crippen molar-refractivity contribution in [2.45, 2.75) is 0 Å². The number of carboxylic acid groups (broad SMARTS) is 1. The van der Waals surface area contributed by atoms with Crippen LogP contribution in [0.1, 0.15) is 10.4 Å². The minimum absolute atomic E-state index is 0.0116. The van der Waals surface area contributed by atoms with Crippen molar-refractivity contribution >= 4 is 22.7 Å². The third-order valence-electron chi connectivity index (χ3n) is 2.38. The molecule has 0 saturated carbocycles. The summed E-state index contributed by atoms with van der Waals surface area (Å²) in [6.07, 6.45) is 1.35. The van der Waals surface area contributed by atoms with Gasteiger partial charge >= 0.3 is 0 Å². The zero-order valence-corrected chi connectivity index (χ0v) is 8.36. The molecule has 1 aromatic heterocycles. The van der Waals surface area contributed by atoms with E-state index < -0.39 is 17.6 Å². The van der Waals surface area contributed by atoms with Gasteiger partial charge in [-0.25, -0.2) is 4.39 Å². The Kier molecular flexibility index (Phi) is 2.23. The van der Waals surface area contributed by atoms with Crippen molar-refractivity contribution in [2.75, 3.05) is 0 Å². The Balaban J connectivity index is 2.73. The summed E-state index contributed by atoms with van der Waals surface area (Å²) in [5.41, 5.74) is 0.474. The van der Waals surface area contributed by atoms with Crippen LogP contribution in [-0.2, 0) is 11.8 Å². The first-order chi connectivity index (χ1) is 7.50. The molecule has 0 amide bonds. The number of hydrogen-bond acceptors (Lipinski definition) is 3. The zero-order valence-electron chi connectivity index (χ0n) is 8.36. The molecule has 82 valence electrons. The number of Topliss-reactive ketones (excluding diaryl/α,β-unsaturated/α-hetero) is 1. The highest BCUT2D eigenvalue weighted by Gasteiger charge is 2.14. The number of nitrogens with zero attached hydrogens (tertiary/aromatic N) is 1. The molecule has 0 aliphatic carbocycles. The lowest BCUT2D eigenvalue weighted by Gasteiger charge is -1.98. The number of carboxylic acids is 1. The van der Waals surface area contributed by atoms with E-state index in [1.165, 1.54) is 29.0 Å². The highest BCUT2D eigenvalue weighted by atomic mass is 19.1. The topological polar surface area (TPSA) is 62.1 Å². The van der Waals surface area contributed by atoms with Crippen molar-refractivity contribution in [3.05, 3.63) is 35.8 Å². The van der Waals surface area contributed by atoms with Gasteiger partial charge in [0, 0.05) is 24.2 Å². The lowest BCUT2D eigenvalue weighted by atomic mass is 10.1. The van der Waals surface area contributed by atoms with Crippen LogP contribution >= 0.6 is 0 Å². The summed E-state index contributed by atoms with van der Waals surface area (Å²) >= 11 is 0. The molecule has 0 N–H and O–H groups in total. The molecule has 0 saturated heterocycles. The number of aromatic nitrogens is 1. The number of halogens is 1. The van der Waals surface area contributed by atoms with E-state index in [1.54, 1.807) is 7.05 Å². The first-order valence-electron chi connectivity index (χ1n) is 4.51. The Morgan fingerprint density at radius 2 is 2.06 bits per heavy atom. The third kappa shape index (κ3) is 1.46. The summed E-state index contributed by atoms with van der Waals surface area (Å²) in [4.78, 5) is 21.8. The fraction of sp³-hybridized carbons (Fsp3) is 0.0909. The lowest BCUT2D eigenvalue weighted by Crippen LogP contribution is -2.31. The maximum Gasteiger partial charge on any atom is 0.210 e. The summed E-state index contributed by atoms with van der Waals surface area (Å²) < 4.78 is 14.5. The number of carbonyl (C=O) groups excluding carboxylic acids is 2. The van der Waals surface area contributed by atoms with Crippen molar-refractivity contribution in [3.8, 4) is 0 Å². The normalized spacial score (nSPS) is 10.6. The summed E-state index contributed by atoms with van der Waals surface area (Å²) in [6.45, 7) is 0. The SMILES string of the molecule is Cn1cc(C(=O)C(=O)[O-])c2ccc(F)cc21. The molecule has 2 aromatic rings. The average molecular weight is 220 g/mol. The first kappa shape index (κ1) is 10.4. The number of ketones is 1. The molecule has 0 bridgehead atoms. The summed E-state index contributed by atoms with van der Waals surface area (Å²) in [6, 6.07) is 3.79. The molecule has 0 spiro atoms. The molecule has 0 radical (unpaired) electrons. The molecule has 0 unspecified atom stereocenters. The minimum atomic E-state index is -1.77. The molecule has 1 aromatic carbocycles. The van der Waals surface area contributed by atoms with Gasteiger partial charge in [-0.3, -0.25) is 4.79 Å². The summed E-state index contributed by atoms with van der Waals surface area (Å²) in [5.74, 6) is -3.31. The summed E-state index contributed by atoms with van der Waals surface area (Å²) in [5, 5.41) is 10.9. The Hall–Kier alpha value is -2.17. The van der Waals surface area contributed by atoms with Gasteiger partial charge in [-0.05, 0) is 18.2 Å². The molecule has 4 nitrogen and oxygen atoms in total. The van der Waals surface area contributed by atoms with Crippen LogP contribution in [0.4, 0.5) is 4.39 Å². The van der Waals surface area contributed by atoms with Crippen LogP contribution in [0.15, 0.2) is 24.4 Å². The number of hydrogen-bond donors (Lipinski definition) is 0. The Labute approximate surface area is 89.9 Å². The number of aryl methyl sites for hydroxylation is 1. The van der Waals surface area contributed by atoms with E-state index in [0.29, 0.717) is 10.9 Å². The number of carbonyl (C=O) groups is 2. The zero-order chi connectivity index (χ0) is 11.9. The molecule has 5 heteroatoms. The monoisotopic (exact) mass is 220 g/mol. The van der Waals surface area contributed by atoms with Gasteiger partial charge in [-0.1, -0.05) is 0 Å². The van der Waals surface area contributed by atoms with Gasteiger partial charge in [-0.15, -0.1) is 0 Å². The Morgan fingerprint density at radius 1 is 1.38 bits per heavy atom. The lowest BCUT2D eigenvalue weighted by molar-refractivity contribution is -0.296. The molecular formula is C11H7FNO3-. The van der Waals surface area contributed by atoms with Crippen molar-refractivity contribution < 1.29 is 19.1 Å². The second-order valence-corrected chi connectivity index (χ2v) is 3.43. The predicted molar refractivity (Wildman–Crippen MR) is 52.2 cm³/mol. The van der Waals surface area contributed by atoms with Crippen LogP contribution in [0.5, 0.6) is 0 Å². The fourth-order valence-corrected chi connectivity index (χ4v) is 1.65. The van der Waals surface area contributed by atoms with Gasteiger partial charge in [-0.2, -0.15) is 0 Å². The third-order valence-corrected chi connectivity index (χ3v) is 2.38. The van der Waals surface area contributed by atoms with E-state index in [2.05, 4.69) is 0 Å². The Morgan fingerprint density at radius 3 is 2.69 bits per heavy atom. The molecule has 0 aliphatic rings. The van der Waals surface area contributed by atoms with E-state index in [9.17, 15) is 19.1 Å².